The van der Waals surface area contributed by atoms with Crippen molar-refractivity contribution >= 4 is 0 Å². The van der Waals surface area contributed by atoms with Gasteiger partial charge in [-0.1, -0.05) is 32.0 Å². The molecule has 0 aliphatic rings. The number of halogens is 2. The average molecular weight is 290 g/mol. The van der Waals surface area contributed by atoms with Gasteiger partial charge in [-0.3, -0.25) is 4.98 Å². The van der Waals surface area contributed by atoms with Crippen molar-refractivity contribution in [2.75, 3.05) is 6.54 Å². The molecule has 0 amide bonds. The van der Waals surface area contributed by atoms with E-state index in [1.807, 2.05) is 19.1 Å². The molecule has 1 N–H and O–H groups in total. The molecule has 0 saturated carbocycles. The van der Waals surface area contributed by atoms with Gasteiger partial charge in [0.15, 0.2) is 11.6 Å². The summed E-state index contributed by atoms with van der Waals surface area (Å²) in [6.07, 6.45) is 2.97. The molecule has 21 heavy (non-hydrogen) atoms. The number of aryl methyl sites for hydroxylation is 1. The van der Waals surface area contributed by atoms with Gasteiger partial charge in [0.1, 0.15) is 0 Å². The summed E-state index contributed by atoms with van der Waals surface area (Å²) < 4.78 is 27.2. The molecular weight excluding hydrogens is 270 g/mol. The number of aromatic nitrogens is 1. The van der Waals surface area contributed by atoms with E-state index >= 15 is 0 Å². The van der Waals surface area contributed by atoms with Crippen LogP contribution in [0.1, 0.15) is 36.7 Å². The minimum atomic E-state index is -0.806. The molecule has 2 nitrogen and oxygen atoms in total. The third kappa shape index (κ3) is 3.64. The topological polar surface area (TPSA) is 24.9 Å². The largest absolute Gasteiger partial charge is 0.309 e. The molecular formula is C17H20F2N2. The van der Waals surface area contributed by atoms with Gasteiger partial charge in [-0.2, -0.15) is 0 Å². The summed E-state index contributed by atoms with van der Waals surface area (Å²) in [5, 5.41) is 3.32. The van der Waals surface area contributed by atoms with Crippen LogP contribution in [0.25, 0.3) is 0 Å². The Morgan fingerprint density at radius 2 is 1.86 bits per heavy atom. The van der Waals surface area contributed by atoms with Crippen LogP contribution < -0.4 is 5.32 Å². The van der Waals surface area contributed by atoms with Crippen molar-refractivity contribution in [1.82, 2.24) is 10.3 Å². The minimum absolute atomic E-state index is 0.123. The summed E-state index contributed by atoms with van der Waals surface area (Å²) in [5.74, 6) is -1.58. The van der Waals surface area contributed by atoms with Gasteiger partial charge in [-0.05, 0) is 42.6 Å². The summed E-state index contributed by atoms with van der Waals surface area (Å²) in [7, 11) is 0. The molecule has 0 radical (unpaired) electrons. The van der Waals surface area contributed by atoms with E-state index in [4.69, 9.17) is 0 Å². The number of rotatable bonds is 6. The fraction of sp³-hybridized carbons (Fsp3) is 0.353. The van der Waals surface area contributed by atoms with Crippen LogP contribution >= 0.6 is 0 Å². The molecule has 112 valence electrons. The first-order valence-corrected chi connectivity index (χ1v) is 7.27. The summed E-state index contributed by atoms with van der Waals surface area (Å²) in [6, 6.07) is 8.09. The van der Waals surface area contributed by atoms with Crippen molar-refractivity contribution in [2.45, 2.75) is 32.7 Å². The van der Waals surface area contributed by atoms with Crippen LogP contribution in [-0.2, 0) is 12.8 Å². The summed E-state index contributed by atoms with van der Waals surface area (Å²) in [5.41, 5.74) is 2.40. The molecule has 0 saturated heterocycles. The lowest BCUT2D eigenvalue weighted by atomic mass is 9.98. The van der Waals surface area contributed by atoms with Crippen molar-refractivity contribution in [1.29, 1.82) is 0 Å². The van der Waals surface area contributed by atoms with E-state index in [0.717, 1.165) is 30.3 Å². The smallest absolute Gasteiger partial charge is 0.162 e. The molecule has 1 aromatic heterocycles. The van der Waals surface area contributed by atoms with Gasteiger partial charge in [-0.15, -0.1) is 0 Å². The van der Waals surface area contributed by atoms with Crippen molar-refractivity contribution < 1.29 is 8.78 Å². The van der Waals surface area contributed by atoms with Crippen LogP contribution in [0.2, 0.25) is 0 Å². The van der Waals surface area contributed by atoms with Crippen LogP contribution in [0, 0.1) is 11.6 Å². The summed E-state index contributed by atoms with van der Waals surface area (Å²) >= 11 is 0. The first-order chi connectivity index (χ1) is 10.2. The van der Waals surface area contributed by atoms with Gasteiger partial charge in [0, 0.05) is 6.20 Å². The number of hydrogen-bond donors (Lipinski definition) is 1. The Kier molecular flexibility index (Phi) is 5.39. The molecule has 0 aliphatic heterocycles. The van der Waals surface area contributed by atoms with E-state index in [0.29, 0.717) is 12.0 Å². The van der Waals surface area contributed by atoms with E-state index in [9.17, 15) is 8.78 Å². The van der Waals surface area contributed by atoms with Gasteiger partial charge in [-0.25, -0.2) is 8.78 Å². The van der Waals surface area contributed by atoms with Crippen molar-refractivity contribution in [2.24, 2.45) is 0 Å². The Morgan fingerprint density at radius 1 is 1.10 bits per heavy atom. The van der Waals surface area contributed by atoms with Crippen LogP contribution in [0.5, 0.6) is 0 Å². The number of likely N-dealkylation sites (N-methyl/N-ethyl adjacent to an activating group) is 1. The van der Waals surface area contributed by atoms with Gasteiger partial charge < -0.3 is 5.32 Å². The quantitative estimate of drug-likeness (QED) is 0.875. The molecule has 0 aliphatic carbocycles. The first kappa shape index (κ1) is 15.6. The zero-order valence-corrected chi connectivity index (χ0v) is 12.4. The molecule has 0 bridgehead atoms. The van der Waals surface area contributed by atoms with Gasteiger partial charge in [0.05, 0.1) is 11.7 Å². The molecule has 0 fully saturated rings. The maximum Gasteiger partial charge on any atom is 0.162 e. The predicted octanol–water partition coefficient (Wildman–Crippen LogP) is 3.82. The summed E-state index contributed by atoms with van der Waals surface area (Å²) in [6.45, 7) is 4.79. The van der Waals surface area contributed by atoms with Crippen molar-refractivity contribution in [3.8, 4) is 0 Å². The van der Waals surface area contributed by atoms with Crippen LogP contribution in [0.15, 0.2) is 36.5 Å². The highest BCUT2D eigenvalue weighted by molar-refractivity contribution is 5.27. The zero-order chi connectivity index (χ0) is 15.2. The Bertz CT molecular complexity index is 599. The maximum absolute atomic E-state index is 13.9. The Balaban J connectivity index is 2.33. The third-order valence-electron chi connectivity index (χ3n) is 3.54. The SMILES string of the molecule is CCNC(Cc1cccc(F)c1F)c1ncccc1CC. The molecule has 2 rings (SSSR count). The standard InChI is InChI=1S/C17H20F2N2/c1-3-12-8-6-10-21-17(12)15(20-4-2)11-13-7-5-9-14(18)16(13)19/h5-10,15,20H,3-4,11H2,1-2H3. The van der Waals surface area contributed by atoms with Crippen LogP contribution in [0.3, 0.4) is 0 Å². The predicted molar refractivity (Wildman–Crippen MR) is 80.1 cm³/mol. The molecule has 1 unspecified atom stereocenters. The van der Waals surface area contributed by atoms with Crippen molar-refractivity contribution in [3.05, 3.63) is 65.0 Å². The van der Waals surface area contributed by atoms with E-state index in [2.05, 4.69) is 17.2 Å². The zero-order valence-electron chi connectivity index (χ0n) is 12.4. The summed E-state index contributed by atoms with van der Waals surface area (Å²) in [4.78, 5) is 4.44. The second-order valence-corrected chi connectivity index (χ2v) is 4.93. The van der Waals surface area contributed by atoms with Gasteiger partial charge >= 0.3 is 0 Å². The van der Waals surface area contributed by atoms with Crippen LogP contribution in [-0.4, -0.2) is 11.5 Å². The lowest BCUT2D eigenvalue weighted by molar-refractivity contribution is 0.477. The number of pyridine rings is 1. The fourth-order valence-corrected chi connectivity index (χ4v) is 2.50. The van der Waals surface area contributed by atoms with E-state index in [-0.39, 0.29) is 6.04 Å². The Hall–Kier alpha value is -1.81. The highest BCUT2D eigenvalue weighted by Crippen LogP contribution is 2.23. The van der Waals surface area contributed by atoms with Crippen molar-refractivity contribution in [3.63, 3.8) is 0 Å². The second kappa shape index (κ2) is 7.27. The van der Waals surface area contributed by atoms with E-state index < -0.39 is 11.6 Å². The fourth-order valence-electron chi connectivity index (χ4n) is 2.50. The van der Waals surface area contributed by atoms with Gasteiger partial charge in [0.25, 0.3) is 0 Å². The molecule has 2 aromatic rings. The number of nitrogens with zero attached hydrogens (tertiary/aromatic N) is 1. The lowest BCUT2D eigenvalue weighted by Crippen LogP contribution is -2.25. The Labute approximate surface area is 124 Å². The number of nitrogens with one attached hydrogen (secondary N) is 1. The molecule has 1 aromatic carbocycles. The number of hydrogen-bond acceptors (Lipinski definition) is 2. The van der Waals surface area contributed by atoms with E-state index in [1.165, 1.54) is 6.07 Å². The minimum Gasteiger partial charge on any atom is -0.309 e. The molecule has 1 atom stereocenters. The monoisotopic (exact) mass is 290 g/mol. The van der Waals surface area contributed by atoms with E-state index in [1.54, 1.807) is 12.3 Å². The average Bonchev–Trinajstić information content (AvgIpc) is 2.51. The first-order valence-electron chi connectivity index (χ1n) is 7.27. The lowest BCUT2D eigenvalue weighted by Gasteiger charge is -2.20. The number of benzene rings is 1. The third-order valence-corrected chi connectivity index (χ3v) is 3.54. The Morgan fingerprint density at radius 3 is 2.57 bits per heavy atom. The highest BCUT2D eigenvalue weighted by atomic mass is 19.2. The molecule has 1 heterocycles. The normalized spacial score (nSPS) is 12.4. The maximum atomic E-state index is 13.9. The van der Waals surface area contributed by atoms with Crippen LogP contribution in [0.4, 0.5) is 8.78 Å². The second-order valence-electron chi connectivity index (χ2n) is 4.93. The highest BCUT2D eigenvalue weighted by Gasteiger charge is 2.18. The molecule has 4 heteroatoms. The molecule has 0 spiro atoms. The van der Waals surface area contributed by atoms with Gasteiger partial charge in [0.2, 0.25) is 0 Å².